The summed E-state index contributed by atoms with van der Waals surface area (Å²) in [4.78, 5) is 11.1. The van der Waals surface area contributed by atoms with Crippen molar-refractivity contribution in [2.24, 2.45) is 5.41 Å². The molecule has 2 nitrogen and oxygen atoms in total. The Hall–Kier alpha value is -0.180. The molecule has 0 bridgehead atoms. The maximum Gasteiger partial charge on any atom is 0.305 e. The van der Waals surface area contributed by atoms with Gasteiger partial charge in [-0.2, -0.15) is 12.6 Å². The van der Waals surface area contributed by atoms with Gasteiger partial charge in [0.15, 0.2) is 0 Å². The van der Waals surface area contributed by atoms with E-state index >= 15 is 0 Å². The van der Waals surface area contributed by atoms with E-state index in [9.17, 15) is 4.79 Å². The summed E-state index contributed by atoms with van der Waals surface area (Å²) in [5.41, 5.74) is 0.370. The van der Waals surface area contributed by atoms with Crippen molar-refractivity contribution in [2.45, 2.75) is 46.5 Å². The minimum Gasteiger partial charge on any atom is -0.465 e. The highest BCUT2D eigenvalue weighted by atomic mass is 32.1. The number of ether oxygens (including phenoxy) is 1. The Kier molecular flexibility index (Phi) is 7.06. The smallest absolute Gasteiger partial charge is 0.305 e. The number of rotatable bonds is 6. The van der Waals surface area contributed by atoms with Crippen LogP contribution >= 0.6 is 12.6 Å². The van der Waals surface area contributed by atoms with Gasteiger partial charge in [0, 0.05) is 12.2 Å². The molecule has 14 heavy (non-hydrogen) atoms. The van der Waals surface area contributed by atoms with E-state index in [2.05, 4.69) is 33.4 Å². The van der Waals surface area contributed by atoms with Crippen LogP contribution in [0.5, 0.6) is 0 Å². The maximum atomic E-state index is 11.1. The molecule has 0 N–H and O–H groups in total. The SMILES string of the molecule is CC(C)(C)CCCCC(=O)OCCS. The van der Waals surface area contributed by atoms with E-state index in [1.165, 1.54) is 0 Å². The van der Waals surface area contributed by atoms with E-state index < -0.39 is 0 Å². The summed E-state index contributed by atoms with van der Waals surface area (Å²) in [6.45, 7) is 7.08. The predicted octanol–water partition coefficient (Wildman–Crippen LogP) is 3.07. The van der Waals surface area contributed by atoms with Crippen molar-refractivity contribution in [1.82, 2.24) is 0 Å². The van der Waals surface area contributed by atoms with Gasteiger partial charge >= 0.3 is 5.97 Å². The fourth-order valence-electron chi connectivity index (χ4n) is 1.16. The van der Waals surface area contributed by atoms with Gasteiger partial charge in [-0.1, -0.05) is 27.2 Å². The summed E-state index contributed by atoms with van der Waals surface area (Å²) < 4.78 is 4.91. The lowest BCUT2D eigenvalue weighted by molar-refractivity contribution is -0.143. The first kappa shape index (κ1) is 13.8. The lowest BCUT2D eigenvalue weighted by atomic mass is 9.89. The molecule has 0 aliphatic carbocycles. The van der Waals surface area contributed by atoms with Crippen LogP contribution in [-0.2, 0) is 9.53 Å². The number of carbonyl (C=O) groups is 1. The summed E-state index contributed by atoms with van der Waals surface area (Å²) >= 11 is 3.97. The van der Waals surface area contributed by atoms with Gasteiger partial charge in [0.2, 0.25) is 0 Å². The van der Waals surface area contributed by atoms with Crippen molar-refractivity contribution >= 4 is 18.6 Å². The molecule has 0 amide bonds. The lowest BCUT2D eigenvalue weighted by Gasteiger charge is -2.17. The predicted molar refractivity (Wildman–Crippen MR) is 62.7 cm³/mol. The van der Waals surface area contributed by atoms with Crippen LogP contribution in [0.25, 0.3) is 0 Å². The largest absolute Gasteiger partial charge is 0.465 e. The van der Waals surface area contributed by atoms with Gasteiger partial charge < -0.3 is 4.74 Å². The molecule has 0 aliphatic rings. The monoisotopic (exact) mass is 218 g/mol. The number of unbranched alkanes of at least 4 members (excludes halogenated alkanes) is 1. The Morgan fingerprint density at radius 3 is 2.43 bits per heavy atom. The topological polar surface area (TPSA) is 26.3 Å². The van der Waals surface area contributed by atoms with Crippen LogP contribution in [0.4, 0.5) is 0 Å². The van der Waals surface area contributed by atoms with E-state index in [4.69, 9.17) is 4.74 Å². The zero-order valence-electron chi connectivity index (χ0n) is 9.51. The number of hydrogen-bond acceptors (Lipinski definition) is 3. The quantitative estimate of drug-likeness (QED) is 0.421. The first-order valence-electron chi connectivity index (χ1n) is 5.22. The minimum atomic E-state index is -0.0899. The normalized spacial score (nSPS) is 11.4. The second-order valence-electron chi connectivity index (χ2n) is 4.71. The van der Waals surface area contributed by atoms with Crippen LogP contribution < -0.4 is 0 Å². The zero-order valence-corrected chi connectivity index (χ0v) is 10.4. The van der Waals surface area contributed by atoms with E-state index in [0.29, 0.717) is 24.2 Å². The maximum absolute atomic E-state index is 11.1. The van der Waals surface area contributed by atoms with E-state index in [1.807, 2.05) is 0 Å². The fourth-order valence-corrected chi connectivity index (χ4v) is 1.25. The van der Waals surface area contributed by atoms with Gasteiger partial charge in [0.05, 0.1) is 0 Å². The van der Waals surface area contributed by atoms with E-state index in [0.717, 1.165) is 19.3 Å². The van der Waals surface area contributed by atoms with Crippen LogP contribution in [0.15, 0.2) is 0 Å². The molecule has 84 valence electrons. The molecule has 0 spiro atoms. The second kappa shape index (κ2) is 7.16. The number of thiol groups is 1. The second-order valence-corrected chi connectivity index (χ2v) is 5.16. The molecule has 0 saturated carbocycles. The third kappa shape index (κ3) is 9.90. The summed E-state index contributed by atoms with van der Waals surface area (Å²) in [5.74, 6) is 0.515. The summed E-state index contributed by atoms with van der Waals surface area (Å²) in [6.07, 6.45) is 3.73. The first-order valence-corrected chi connectivity index (χ1v) is 5.85. The van der Waals surface area contributed by atoms with Crippen molar-refractivity contribution < 1.29 is 9.53 Å². The molecule has 0 fully saturated rings. The Bertz CT molecular complexity index is 161. The van der Waals surface area contributed by atoms with Crippen molar-refractivity contribution in [1.29, 1.82) is 0 Å². The first-order chi connectivity index (χ1) is 6.45. The summed E-state index contributed by atoms with van der Waals surface area (Å²) in [6, 6.07) is 0. The molecule has 3 heteroatoms. The Morgan fingerprint density at radius 2 is 1.93 bits per heavy atom. The Balaban J connectivity index is 3.32. The van der Waals surface area contributed by atoms with E-state index in [1.54, 1.807) is 0 Å². The third-order valence-electron chi connectivity index (χ3n) is 1.91. The van der Waals surface area contributed by atoms with Crippen molar-refractivity contribution in [3.05, 3.63) is 0 Å². The van der Waals surface area contributed by atoms with Crippen molar-refractivity contribution in [3.63, 3.8) is 0 Å². The molecule has 0 radical (unpaired) electrons. The molecular formula is C11H22O2S. The summed E-state index contributed by atoms with van der Waals surface area (Å²) in [7, 11) is 0. The van der Waals surface area contributed by atoms with Gasteiger partial charge in [-0.25, -0.2) is 0 Å². The molecule has 0 saturated heterocycles. The van der Waals surface area contributed by atoms with Crippen LogP contribution in [0.3, 0.4) is 0 Å². The highest BCUT2D eigenvalue weighted by Gasteiger charge is 2.10. The van der Waals surface area contributed by atoms with Gasteiger partial charge in [0.25, 0.3) is 0 Å². The average molecular weight is 218 g/mol. The highest BCUT2D eigenvalue weighted by molar-refractivity contribution is 7.80. The lowest BCUT2D eigenvalue weighted by Crippen LogP contribution is -2.08. The number of hydrogen-bond donors (Lipinski definition) is 1. The van der Waals surface area contributed by atoms with Gasteiger partial charge in [-0.3, -0.25) is 4.79 Å². The molecule has 0 heterocycles. The highest BCUT2D eigenvalue weighted by Crippen LogP contribution is 2.21. The molecule has 0 rings (SSSR count). The fraction of sp³-hybridized carbons (Fsp3) is 0.909. The Morgan fingerprint density at radius 1 is 1.29 bits per heavy atom. The molecule has 0 aromatic carbocycles. The third-order valence-corrected chi connectivity index (χ3v) is 2.09. The Labute approximate surface area is 92.8 Å². The van der Waals surface area contributed by atoms with Gasteiger partial charge in [0.1, 0.15) is 6.61 Å². The molecule has 0 aromatic heterocycles. The molecule has 0 aromatic rings. The van der Waals surface area contributed by atoms with Crippen molar-refractivity contribution in [2.75, 3.05) is 12.4 Å². The molecule has 0 unspecified atom stereocenters. The molecule has 0 aliphatic heterocycles. The standard InChI is InChI=1S/C11H22O2S/c1-11(2,3)7-5-4-6-10(12)13-8-9-14/h14H,4-9H2,1-3H3. The number of esters is 1. The molecular weight excluding hydrogens is 196 g/mol. The van der Waals surface area contributed by atoms with Crippen LogP contribution in [0.1, 0.15) is 46.5 Å². The zero-order chi connectivity index (χ0) is 11.0. The van der Waals surface area contributed by atoms with Crippen LogP contribution in [0, 0.1) is 5.41 Å². The van der Waals surface area contributed by atoms with Crippen molar-refractivity contribution in [3.8, 4) is 0 Å². The van der Waals surface area contributed by atoms with Gasteiger partial charge in [-0.05, 0) is 18.3 Å². The number of carbonyl (C=O) groups excluding carboxylic acids is 1. The average Bonchev–Trinajstić information content (AvgIpc) is 2.07. The van der Waals surface area contributed by atoms with Crippen LogP contribution in [0.2, 0.25) is 0 Å². The summed E-state index contributed by atoms with van der Waals surface area (Å²) in [5, 5.41) is 0. The minimum absolute atomic E-state index is 0.0899. The van der Waals surface area contributed by atoms with E-state index in [-0.39, 0.29) is 5.97 Å². The molecule has 0 atom stereocenters. The van der Waals surface area contributed by atoms with Crippen LogP contribution in [-0.4, -0.2) is 18.3 Å². The van der Waals surface area contributed by atoms with Gasteiger partial charge in [-0.15, -0.1) is 0 Å².